The molecular weight excluding hydrogens is 302 g/mol. The molecule has 3 rings (SSSR count). The van der Waals surface area contributed by atoms with Crippen LogP contribution in [-0.4, -0.2) is 55.2 Å². The molecule has 1 aliphatic rings. The lowest BCUT2D eigenvalue weighted by atomic mass is 10.2. The SMILES string of the molecule is CC(C)COc1nc(N)nc2c1ncn2[C@H]1C[C@H](O)[C@@H](CO)O1. The van der Waals surface area contributed by atoms with Crippen LogP contribution in [0.4, 0.5) is 5.95 Å². The molecule has 0 radical (unpaired) electrons. The Bertz CT molecular complexity index is 689. The summed E-state index contributed by atoms with van der Waals surface area (Å²) in [5.74, 6) is 0.745. The molecule has 0 spiro atoms. The van der Waals surface area contributed by atoms with Crippen LogP contribution in [0.25, 0.3) is 11.2 Å². The quantitative estimate of drug-likeness (QED) is 0.706. The van der Waals surface area contributed by atoms with Crippen LogP contribution in [-0.2, 0) is 4.74 Å². The zero-order valence-corrected chi connectivity index (χ0v) is 13.1. The van der Waals surface area contributed by atoms with E-state index in [1.807, 2.05) is 13.8 Å². The molecule has 126 valence electrons. The lowest BCUT2D eigenvalue weighted by Crippen LogP contribution is -2.24. The second-order valence-electron chi connectivity index (χ2n) is 6.03. The number of hydrogen-bond donors (Lipinski definition) is 3. The summed E-state index contributed by atoms with van der Waals surface area (Å²) >= 11 is 0. The molecule has 9 heteroatoms. The smallest absolute Gasteiger partial charge is 0.247 e. The molecule has 0 aromatic carbocycles. The van der Waals surface area contributed by atoms with E-state index in [1.165, 1.54) is 0 Å². The van der Waals surface area contributed by atoms with Crippen molar-refractivity contribution < 1.29 is 19.7 Å². The lowest BCUT2D eigenvalue weighted by molar-refractivity contribution is -0.0432. The number of imidazole rings is 1. The van der Waals surface area contributed by atoms with Gasteiger partial charge in [-0.05, 0) is 5.92 Å². The fraction of sp³-hybridized carbons (Fsp3) is 0.643. The molecule has 3 heterocycles. The minimum Gasteiger partial charge on any atom is -0.476 e. The number of rotatable bonds is 5. The Hall–Kier alpha value is -1.97. The highest BCUT2D eigenvalue weighted by Gasteiger charge is 2.35. The molecule has 3 atom stereocenters. The summed E-state index contributed by atoms with van der Waals surface area (Å²) in [6, 6.07) is 0. The van der Waals surface area contributed by atoms with Crippen LogP contribution in [0, 0.1) is 5.92 Å². The normalized spacial score (nSPS) is 24.7. The second-order valence-corrected chi connectivity index (χ2v) is 6.03. The third kappa shape index (κ3) is 3.07. The summed E-state index contributed by atoms with van der Waals surface area (Å²) in [7, 11) is 0. The summed E-state index contributed by atoms with van der Waals surface area (Å²) in [6.45, 7) is 4.31. The van der Waals surface area contributed by atoms with Crippen molar-refractivity contribution in [2.75, 3.05) is 18.9 Å². The number of nitrogens with two attached hydrogens (primary N) is 1. The van der Waals surface area contributed by atoms with E-state index in [9.17, 15) is 10.2 Å². The van der Waals surface area contributed by atoms with Gasteiger partial charge in [-0.1, -0.05) is 13.8 Å². The highest BCUT2D eigenvalue weighted by atomic mass is 16.5. The van der Waals surface area contributed by atoms with Crippen molar-refractivity contribution >= 4 is 17.1 Å². The molecule has 0 bridgehead atoms. The van der Waals surface area contributed by atoms with Gasteiger partial charge in [-0.3, -0.25) is 4.57 Å². The molecular formula is C14H21N5O4. The van der Waals surface area contributed by atoms with Crippen molar-refractivity contribution in [3.63, 3.8) is 0 Å². The number of ether oxygens (including phenoxy) is 2. The first-order chi connectivity index (χ1) is 11.0. The highest BCUT2D eigenvalue weighted by molar-refractivity contribution is 5.77. The van der Waals surface area contributed by atoms with Crippen molar-refractivity contribution in [2.45, 2.75) is 38.7 Å². The van der Waals surface area contributed by atoms with E-state index in [1.54, 1.807) is 10.9 Å². The zero-order valence-electron chi connectivity index (χ0n) is 13.1. The van der Waals surface area contributed by atoms with Gasteiger partial charge in [0.15, 0.2) is 11.2 Å². The van der Waals surface area contributed by atoms with Gasteiger partial charge in [0.25, 0.3) is 0 Å². The summed E-state index contributed by atoms with van der Waals surface area (Å²) in [6.07, 6.45) is 0.0620. The Kier molecular flexibility index (Phi) is 4.33. The molecule has 1 fully saturated rings. The van der Waals surface area contributed by atoms with E-state index in [0.29, 0.717) is 36.0 Å². The van der Waals surface area contributed by atoms with Crippen LogP contribution in [0.1, 0.15) is 26.5 Å². The van der Waals surface area contributed by atoms with E-state index < -0.39 is 18.4 Å². The molecule has 0 saturated carbocycles. The van der Waals surface area contributed by atoms with Gasteiger partial charge in [0.05, 0.1) is 25.6 Å². The molecule has 4 N–H and O–H groups in total. The Morgan fingerprint density at radius 1 is 1.48 bits per heavy atom. The van der Waals surface area contributed by atoms with Gasteiger partial charge in [-0.2, -0.15) is 9.97 Å². The third-order valence-corrected chi connectivity index (χ3v) is 3.65. The molecule has 0 aliphatic carbocycles. The van der Waals surface area contributed by atoms with Gasteiger partial charge in [0.1, 0.15) is 12.3 Å². The maximum absolute atomic E-state index is 9.88. The van der Waals surface area contributed by atoms with Crippen LogP contribution in [0.3, 0.4) is 0 Å². The maximum Gasteiger partial charge on any atom is 0.247 e. The van der Waals surface area contributed by atoms with E-state index >= 15 is 0 Å². The van der Waals surface area contributed by atoms with Crippen molar-refractivity contribution in [1.29, 1.82) is 0 Å². The number of aliphatic hydroxyl groups is 2. The van der Waals surface area contributed by atoms with E-state index in [-0.39, 0.29) is 12.6 Å². The van der Waals surface area contributed by atoms with Gasteiger partial charge in [-0.15, -0.1) is 0 Å². The largest absolute Gasteiger partial charge is 0.476 e. The fourth-order valence-electron chi connectivity index (χ4n) is 2.51. The van der Waals surface area contributed by atoms with Crippen molar-refractivity contribution in [1.82, 2.24) is 19.5 Å². The van der Waals surface area contributed by atoms with Gasteiger partial charge in [-0.25, -0.2) is 4.98 Å². The number of aromatic nitrogens is 4. The highest BCUT2D eigenvalue weighted by Crippen LogP contribution is 2.32. The summed E-state index contributed by atoms with van der Waals surface area (Å²) in [5, 5.41) is 19.1. The Balaban J connectivity index is 1.94. The number of fused-ring (bicyclic) bond motifs is 1. The predicted octanol–water partition coefficient (Wildman–Crippen LogP) is 0.0840. The third-order valence-electron chi connectivity index (χ3n) is 3.65. The predicted molar refractivity (Wildman–Crippen MR) is 81.7 cm³/mol. The number of nitrogen functional groups attached to an aromatic ring is 1. The minimum atomic E-state index is -0.738. The Labute approximate surface area is 133 Å². The number of aliphatic hydroxyl groups excluding tert-OH is 2. The van der Waals surface area contributed by atoms with Crippen LogP contribution in [0.5, 0.6) is 5.88 Å². The van der Waals surface area contributed by atoms with Crippen molar-refractivity contribution in [2.24, 2.45) is 5.92 Å². The first-order valence-electron chi connectivity index (χ1n) is 7.56. The van der Waals surface area contributed by atoms with Crippen LogP contribution < -0.4 is 10.5 Å². The minimum absolute atomic E-state index is 0.0789. The molecule has 1 aliphatic heterocycles. The zero-order chi connectivity index (χ0) is 16.6. The molecule has 1 saturated heterocycles. The molecule has 23 heavy (non-hydrogen) atoms. The number of nitrogens with zero attached hydrogens (tertiary/aromatic N) is 4. The molecule has 0 unspecified atom stereocenters. The first kappa shape index (κ1) is 15.9. The topological polar surface area (TPSA) is 129 Å². The van der Waals surface area contributed by atoms with Crippen LogP contribution >= 0.6 is 0 Å². The Morgan fingerprint density at radius 2 is 2.26 bits per heavy atom. The number of hydrogen-bond acceptors (Lipinski definition) is 8. The molecule has 2 aromatic rings. The van der Waals surface area contributed by atoms with E-state index in [4.69, 9.17) is 15.2 Å². The van der Waals surface area contributed by atoms with E-state index in [2.05, 4.69) is 15.0 Å². The fourth-order valence-corrected chi connectivity index (χ4v) is 2.51. The van der Waals surface area contributed by atoms with Gasteiger partial charge >= 0.3 is 0 Å². The summed E-state index contributed by atoms with van der Waals surface area (Å²) < 4.78 is 13.0. The maximum atomic E-state index is 9.88. The van der Waals surface area contributed by atoms with Crippen LogP contribution in [0.15, 0.2) is 6.33 Å². The standard InChI is InChI=1S/C14H21N5O4/c1-7(2)5-22-13-11-12(17-14(15)18-13)19(6-16-11)10-3-8(21)9(4-20)23-10/h6-10,20-21H,3-5H2,1-2H3,(H2,15,17,18)/t8-,9+,10+/m0/s1. The summed E-state index contributed by atoms with van der Waals surface area (Å²) in [5.41, 5.74) is 6.73. The van der Waals surface area contributed by atoms with Gasteiger partial charge in [0.2, 0.25) is 11.8 Å². The Morgan fingerprint density at radius 3 is 2.91 bits per heavy atom. The monoisotopic (exact) mass is 323 g/mol. The summed E-state index contributed by atoms with van der Waals surface area (Å²) in [4.78, 5) is 12.6. The first-order valence-corrected chi connectivity index (χ1v) is 7.56. The van der Waals surface area contributed by atoms with Crippen molar-refractivity contribution in [3.8, 4) is 5.88 Å². The lowest BCUT2D eigenvalue weighted by Gasteiger charge is -2.14. The van der Waals surface area contributed by atoms with Gasteiger partial charge < -0.3 is 25.4 Å². The average molecular weight is 323 g/mol. The molecule has 0 amide bonds. The molecule has 9 nitrogen and oxygen atoms in total. The van der Waals surface area contributed by atoms with Gasteiger partial charge in [0, 0.05) is 6.42 Å². The van der Waals surface area contributed by atoms with Crippen LogP contribution in [0.2, 0.25) is 0 Å². The second kappa shape index (κ2) is 6.26. The van der Waals surface area contributed by atoms with Crippen molar-refractivity contribution in [3.05, 3.63) is 6.33 Å². The number of anilines is 1. The average Bonchev–Trinajstić information content (AvgIpc) is 3.07. The molecule has 2 aromatic heterocycles. The van der Waals surface area contributed by atoms with E-state index in [0.717, 1.165) is 0 Å².